The van der Waals surface area contributed by atoms with Gasteiger partial charge in [0, 0.05) is 12.4 Å². The van der Waals surface area contributed by atoms with Crippen molar-refractivity contribution < 1.29 is 9.53 Å². The molecule has 4 nitrogen and oxygen atoms in total. The van der Waals surface area contributed by atoms with Crippen LogP contribution in [0.25, 0.3) is 11.1 Å². The molecule has 1 unspecified atom stereocenters. The van der Waals surface area contributed by atoms with Gasteiger partial charge in [-0.3, -0.25) is 9.78 Å². The summed E-state index contributed by atoms with van der Waals surface area (Å²) in [5.74, 6) is 0.264. The van der Waals surface area contributed by atoms with Crippen LogP contribution in [0.1, 0.15) is 18.5 Å². The van der Waals surface area contributed by atoms with Crippen LogP contribution in [0.5, 0.6) is 5.75 Å². The maximum atomic E-state index is 12.1. The number of nitrogens with zero attached hydrogens (tertiary/aromatic N) is 1. The third-order valence-corrected chi connectivity index (χ3v) is 4.26. The molecule has 3 rings (SSSR count). The summed E-state index contributed by atoms with van der Waals surface area (Å²) in [6.45, 7) is 1.80. The van der Waals surface area contributed by atoms with E-state index < -0.39 is 0 Å². The van der Waals surface area contributed by atoms with Crippen LogP contribution in [0.2, 0.25) is 5.02 Å². The quantitative estimate of drug-likeness (QED) is 0.690. The third-order valence-electron chi connectivity index (χ3n) is 3.96. The van der Waals surface area contributed by atoms with Crippen LogP contribution in [0.3, 0.4) is 0 Å². The van der Waals surface area contributed by atoms with Crippen molar-refractivity contribution in [2.45, 2.75) is 13.0 Å². The smallest absolute Gasteiger partial charge is 0.258 e. The molecule has 1 aromatic heterocycles. The molecule has 1 amide bonds. The minimum Gasteiger partial charge on any atom is -0.482 e. The lowest BCUT2D eigenvalue weighted by Gasteiger charge is -2.15. The molecule has 2 aromatic carbocycles. The molecule has 5 heteroatoms. The molecule has 0 aliphatic heterocycles. The number of rotatable bonds is 6. The van der Waals surface area contributed by atoms with E-state index in [2.05, 4.69) is 10.3 Å². The van der Waals surface area contributed by atoms with Crippen LogP contribution < -0.4 is 10.1 Å². The zero-order chi connectivity index (χ0) is 18.4. The van der Waals surface area contributed by atoms with E-state index in [1.807, 2.05) is 61.5 Å². The van der Waals surface area contributed by atoms with E-state index in [1.165, 1.54) is 0 Å². The number of hydrogen-bond donors (Lipinski definition) is 1. The Labute approximate surface area is 157 Å². The number of halogens is 1. The lowest BCUT2D eigenvalue weighted by Crippen LogP contribution is -2.31. The van der Waals surface area contributed by atoms with Gasteiger partial charge < -0.3 is 10.1 Å². The van der Waals surface area contributed by atoms with Gasteiger partial charge in [0.2, 0.25) is 0 Å². The molecule has 3 aromatic rings. The van der Waals surface area contributed by atoms with Crippen molar-refractivity contribution >= 4 is 17.5 Å². The average molecular weight is 367 g/mol. The number of nitrogens with one attached hydrogen (secondary N) is 1. The molecule has 132 valence electrons. The van der Waals surface area contributed by atoms with Crippen LogP contribution in [0.15, 0.2) is 73.1 Å². The Kier molecular flexibility index (Phi) is 5.87. The van der Waals surface area contributed by atoms with Crippen LogP contribution >= 0.6 is 11.6 Å². The van der Waals surface area contributed by atoms with E-state index in [9.17, 15) is 4.79 Å². The molecular weight excluding hydrogens is 348 g/mol. The van der Waals surface area contributed by atoms with Gasteiger partial charge in [-0.15, -0.1) is 0 Å². The second-order valence-electron chi connectivity index (χ2n) is 5.88. The minimum absolute atomic E-state index is 0.102. The number of carbonyl (C=O) groups is 1. The highest BCUT2D eigenvalue weighted by Crippen LogP contribution is 2.30. The van der Waals surface area contributed by atoms with Gasteiger partial charge in [0.25, 0.3) is 5.91 Å². The molecule has 1 heterocycles. The number of ether oxygens (including phenoxy) is 1. The molecule has 1 N–H and O–H groups in total. The van der Waals surface area contributed by atoms with Gasteiger partial charge in [0.15, 0.2) is 6.61 Å². The maximum absolute atomic E-state index is 12.1. The van der Waals surface area contributed by atoms with Crippen molar-refractivity contribution in [1.82, 2.24) is 10.3 Å². The first kappa shape index (κ1) is 18.0. The Balaban J connectivity index is 1.58. The van der Waals surface area contributed by atoms with Crippen molar-refractivity contribution in [2.24, 2.45) is 0 Å². The van der Waals surface area contributed by atoms with Crippen molar-refractivity contribution in [1.29, 1.82) is 0 Å². The normalized spacial score (nSPS) is 11.6. The van der Waals surface area contributed by atoms with Gasteiger partial charge in [0.05, 0.1) is 11.1 Å². The van der Waals surface area contributed by atoms with E-state index in [4.69, 9.17) is 16.3 Å². The van der Waals surface area contributed by atoms with Gasteiger partial charge in [0.1, 0.15) is 5.75 Å². The van der Waals surface area contributed by atoms with Crippen molar-refractivity contribution in [3.8, 4) is 16.9 Å². The number of pyridine rings is 1. The first-order valence-corrected chi connectivity index (χ1v) is 8.68. The SMILES string of the molecule is CC(NC(=O)COc1ccc(-c2ccccc2)cc1Cl)c1cccnc1. The highest BCUT2D eigenvalue weighted by Gasteiger charge is 2.11. The summed E-state index contributed by atoms with van der Waals surface area (Å²) >= 11 is 6.30. The predicted molar refractivity (Wildman–Crippen MR) is 103 cm³/mol. The summed E-state index contributed by atoms with van der Waals surface area (Å²) in [5.41, 5.74) is 3.01. The Morgan fingerprint density at radius 1 is 1.12 bits per heavy atom. The number of benzene rings is 2. The van der Waals surface area contributed by atoms with Gasteiger partial charge in [-0.1, -0.05) is 54.1 Å². The minimum atomic E-state index is -0.218. The fourth-order valence-corrected chi connectivity index (χ4v) is 2.81. The predicted octanol–water partition coefficient (Wildman–Crippen LogP) is 4.66. The fraction of sp³-hybridized carbons (Fsp3) is 0.143. The maximum Gasteiger partial charge on any atom is 0.258 e. The number of carbonyl (C=O) groups excluding carboxylic acids is 1. The lowest BCUT2D eigenvalue weighted by atomic mass is 10.1. The van der Waals surface area contributed by atoms with Crippen LogP contribution in [0.4, 0.5) is 0 Å². The largest absolute Gasteiger partial charge is 0.482 e. The van der Waals surface area contributed by atoms with Crippen LogP contribution in [0, 0.1) is 0 Å². The summed E-state index contributed by atoms with van der Waals surface area (Å²) in [6, 6.07) is 19.1. The Hall–Kier alpha value is -2.85. The number of amides is 1. The molecular formula is C21H19ClN2O2. The molecule has 0 spiro atoms. The molecule has 0 aliphatic carbocycles. The molecule has 0 saturated heterocycles. The van der Waals surface area contributed by atoms with Gasteiger partial charge in [-0.2, -0.15) is 0 Å². The van der Waals surface area contributed by atoms with Gasteiger partial charge in [-0.25, -0.2) is 0 Å². The molecule has 1 atom stereocenters. The summed E-state index contributed by atoms with van der Waals surface area (Å²) in [4.78, 5) is 16.2. The Bertz CT molecular complexity index is 870. The van der Waals surface area contributed by atoms with E-state index in [0.717, 1.165) is 16.7 Å². The van der Waals surface area contributed by atoms with E-state index in [-0.39, 0.29) is 18.6 Å². The van der Waals surface area contributed by atoms with E-state index in [0.29, 0.717) is 10.8 Å². The van der Waals surface area contributed by atoms with Crippen molar-refractivity contribution in [2.75, 3.05) is 6.61 Å². The first-order chi connectivity index (χ1) is 12.6. The van der Waals surface area contributed by atoms with Crippen LogP contribution in [-0.4, -0.2) is 17.5 Å². The van der Waals surface area contributed by atoms with E-state index in [1.54, 1.807) is 18.5 Å². The molecule has 0 fully saturated rings. The van der Waals surface area contributed by atoms with Crippen molar-refractivity contribution in [3.63, 3.8) is 0 Å². The third kappa shape index (κ3) is 4.61. The summed E-state index contributed by atoms with van der Waals surface area (Å²) in [5, 5.41) is 3.35. The zero-order valence-electron chi connectivity index (χ0n) is 14.4. The summed E-state index contributed by atoms with van der Waals surface area (Å²) in [6.07, 6.45) is 3.42. The highest BCUT2D eigenvalue weighted by atomic mass is 35.5. The number of aromatic nitrogens is 1. The first-order valence-electron chi connectivity index (χ1n) is 8.30. The Morgan fingerprint density at radius 2 is 1.92 bits per heavy atom. The number of hydrogen-bond acceptors (Lipinski definition) is 3. The summed E-state index contributed by atoms with van der Waals surface area (Å²) in [7, 11) is 0. The average Bonchev–Trinajstić information content (AvgIpc) is 2.68. The second kappa shape index (κ2) is 8.50. The molecule has 26 heavy (non-hydrogen) atoms. The second-order valence-corrected chi connectivity index (χ2v) is 6.28. The van der Waals surface area contributed by atoms with E-state index >= 15 is 0 Å². The monoisotopic (exact) mass is 366 g/mol. The molecule has 0 aliphatic rings. The van der Waals surface area contributed by atoms with Crippen LogP contribution in [-0.2, 0) is 4.79 Å². The highest BCUT2D eigenvalue weighted by molar-refractivity contribution is 6.32. The van der Waals surface area contributed by atoms with Gasteiger partial charge >= 0.3 is 0 Å². The standard InChI is InChI=1S/C21H19ClN2O2/c1-15(18-8-5-11-23-13-18)24-21(25)14-26-20-10-9-17(12-19(20)22)16-6-3-2-4-7-16/h2-13,15H,14H2,1H3,(H,24,25). The summed E-state index contributed by atoms with van der Waals surface area (Å²) < 4.78 is 5.57. The van der Waals surface area contributed by atoms with Crippen molar-refractivity contribution in [3.05, 3.63) is 83.6 Å². The Morgan fingerprint density at radius 3 is 2.62 bits per heavy atom. The molecule has 0 saturated carbocycles. The van der Waals surface area contributed by atoms with Gasteiger partial charge in [-0.05, 0) is 41.8 Å². The topological polar surface area (TPSA) is 51.2 Å². The fourth-order valence-electron chi connectivity index (χ4n) is 2.57. The molecule has 0 radical (unpaired) electrons. The lowest BCUT2D eigenvalue weighted by molar-refractivity contribution is -0.123. The molecule has 0 bridgehead atoms. The zero-order valence-corrected chi connectivity index (χ0v) is 15.1.